The van der Waals surface area contributed by atoms with Crippen molar-refractivity contribution in [1.82, 2.24) is 10.2 Å². The number of benzene rings is 3. The number of carbonyl (C=O) groups is 2. The second kappa shape index (κ2) is 13.1. The average molecular weight is 577 g/mol. The molecular weight excluding hydrogens is 545 g/mol. The van der Waals surface area contributed by atoms with E-state index >= 15 is 0 Å². The molecule has 10 heteroatoms. The van der Waals surface area contributed by atoms with Crippen LogP contribution in [-0.2, 0) is 26.2 Å². The van der Waals surface area contributed by atoms with Crippen molar-refractivity contribution in [2.24, 2.45) is 0 Å². The molecule has 0 aliphatic heterocycles. The van der Waals surface area contributed by atoms with Crippen molar-refractivity contribution in [2.45, 2.75) is 50.7 Å². The van der Waals surface area contributed by atoms with Crippen LogP contribution in [-0.4, -0.2) is 43.8 Å². The third-order valence-electron chi connectivity index (χ3n) is 6.16. The van der Waals surface area contributed by atoms with Crippen LogP contribution in [0.1, 0.15) is 32.8 Å². The summed E-state index contributed by atoms with van der Waals surface area (Å²) < 4.78 is 28.5. The van der Waals surface area contributed by atoms with Crippen molar-refractivity contribution in [2.75, 3.05) is 10.8 Å². The molecule has 2 amide bonds. The summed E-state index contributed by atoms with van der Waals surface area (Å²) in [4.78, 5) is 28.2. The van der Waals surface area contributed by atoms with Crippen LogP contribution in [0.25, 0.3) is 0 Å². The molecule has 0 aromatic heterocycles. The lowest BCUT2D eigenvalue weighted by Crippen LogP contribution is -2.52. The van der Waals surface area contributed by atoms with Crippen LogP contribution in [0.3, 0.4) is 0 Å². The fourth-order valence-electron chi connectivity index (χ4n) is 3.69. The number of amides is 2. The first-order valence-electron chi connectivity index (χ1n) is 12.2. The summed E-state index contributed by atoms with van der Waals surface area (Å²) in [7, 11) is -4.14. The molecule has 0 unspecified atom stereocenters. The van der Waals surface area contributed by atoms with Gasteiger partial charge in [-0.15, -0.1) is 0 Å². The maximum absolute atomic E-state index is 13.8. The summed E-state index contributed by atoms with van der Waals surface area (Å²) in [5, 5.41) is 3.84. The molecule has 0 saturated carbocycles. The monoisotopic (exact) mass is 575 g/mol. The molecule has 3 aromatic rings. The van der Waals surface area contributed by atoms with Crippen LogP contribution in [0.2, 0.25) is 10.0 Å². The van der Waals surface area contributed by atoms with Gasteiger partial charge in [-0.2, -0.15) is 0 Å². The van der Waals surface area contributed by atoms with Crippen molar-refractivity contribution in [1.29, 1.82) is 0 Å². The van der Waals surface area contributed by atoms with Gasteiger partial charge in [0.25, 0.3) is 10.0 Å². The van der Waals surface area contributed by atoms with Crippen molar-refractivity contribution >= 4 is 50.7 Å². The molecule has 0 radical (unpaired) electrons. The highest BCUT2D eigenvalue weighted by atomic mass is 35.5. The van der Waals surface area contributed by atoms with E-state index in [-0.39, 0.29) is 23.4 Å². The Labute approximate surface area is 234 Å². The average Bonchev–Trinajstić information content (AvgIpc) is 2.91. The lowest BCUT2D eigenvalue weighted by molar-refractivity contribution is -0.139. The Morgan fingerprint density at radius 1 is 0.868 bits per heavy atom. The predicted molar refractivity (Wildman–Crippen MR) is 152 cm³/mol. The zero-order chi connectivity index (χ0) is 27.9. The molecule has 3 aromatic carbocycles. The fourth-order valence-corrected chi connectivity index (χ4v) is 5.36. The number of halogens is 2. The largest absolute Gasteiger partial charge is 0.352 e. The van der Waals surface area contributed by atoms with E-state index in [2.05, 4.69) is 5.32 Å². The molecule has 7 nitrogen and oxygen atoms in total. The molecule has 2 atom stereocenters. The van der Waals surface area contributed by atoms with Crippen LogP contribution in [0, 0.1) is 0 Å². The van der Waals surface area contributed by atoms with Gasteiger partial charge in [0.15, 0.2) is 0 Å². The number of para-hydroxylation sites is 1. The summed E-state index contributed by atoms with van der Waals surface area (Å²) in [6, 6.07) is 20.1. The molecule has 38 heavy (non-hydrogen) atoms. The molecule has 1 N–H and O–H groups in total. The number of sulfonamides is 1. The van der Waals surface area contributed by atoms with E-state index in [1.54, 1.807) is 61.5 Å². The zero-order valence-corrected chi connectivity index (χ0v) is 23.8. The minimum atomic E-state index is -4.14. The molecular formula is C28H31Cl2N3O4S. The fraction of sp³-hybridized carbons (Fsp3) is 0.286. The minimum Gasteiger partial charge on any atom is -0.352 e. The lowest BCUT2D eigenvalue weighted by Gasteiger charge is -2.32. The molecule has 0 saturated heterocycles. The van der Waals surface area contributed by atoms with Gasteiger partial charge in [0.2, 0.25) is 11.8 Å². The van der Waals surface area contributed by atoms with Crippen molar-refractivity contribution in [3.05, 3.63) is 94.5 Å². The topological polar surface area (TPSA) is 86.8 Å². The minimum absolute atomic E-state index is 0.00892. The molecule has 0 aliphatic carbocycles. The van der Waals surface area contributed by atoms with Gasteiger partial charge >= 0.3 is 0 Å². The normalized spacial score (nSPS) is 12.9. The summed E-state index contributed by atoms with van der Waals surface area (Å²) in [6.45, 7) is 5.04. The van der Waals surface area contributed by atoms with Gasteiger partial charge < -0.3 is 10.2 Å². The number of anilines is 1. The van der Waals surface area contributed by atoms with Crippen LogP contribution in [0.4, 0.5) is 5.69 Å². The molecule has 0 spiro atoms. The smallest absolute Gasteiger partial charge is 0.264 e. The number of carbonyl (C=O) groups excluding carboxylic acids is 2. The van der Waals surface area contributed by atoms with Crippen molar-refractivity contribution in [3.63, 3.8) is 0 Å². The molecule has 3 rings (SSSR count). The van der Waals surface area contributed by atoms with E-state index in [4.69, 9.17) is 23.2 Å². The van der Waals surface area contributed by atoms with E-state index in [1.807, 2.05) is 13.8 Å². The third-order valence-corrected chi connectivity index (χ3v) is 8.45. The summed E-state index contributed by atoms with van der Waals surface area (Å²) in [6.07, 6.45) is 0.727. The van der Waals surface area contributed by atoms with Gasteiger partial charge in [-0.3, -0.25) is 13.9 Å². The SMILES string of the molecule is CC[C@H](C)NC(=O)[C@@H](C)N(Cc1ccc(Cl)cc1)C(=O)CN(c1ccccc1)S(=O)(=O)c1ccc(Cl)cc1. The number of hydrogen-bond donors (Lipinski definition) is 1. The Morgan fingerprint density at radius 2 is 1.42 bits per heavy atom. The van der Waals surface area contributed by atoms with Gasteiger partial charge in [-0.25, -0.2) is 8.42 Å². The van der Waals surface area contributed by atoms with Gasteiger partial charge in [0.1, 0.15) is 12.6 Å². The molecule has 0 bridgehead atoms. The first kappa shape index (κ1) is 29.5. The summed E-state index contributed by atoms with van der Waals surface area (Å²) in [5.74, 6) is -0.860. The van der Waals surface area contributed by atoms with Gasteiger partial charge in [0.05, 0.1) is 10.6 Å². The predicted octanol–water partition coefficient (Wildman–Crippen LogP) is 5.52. The second-order valence-electron chi connectivity index (χ2n) is 8.94. The van der Waals surface area contributed by atoms with Crippen molar-refractivity contribution < 1.29 is 18.0 Å². The Morgan fingerprint density at radius 3 is 1.97 bits per heavy atom. The number of rotatable bonds is 11. The number of nitrogens with zero attached hydrogens (tertiary/aromatic N) is 2. The summed E-state index contributed by atoms with van der Waals surface area (Å²) >= 11 is 12.0. The molecule has 0 aliphatic rings. The highest BCUT2D eigenvalue weighted by Gasteiger charge is 2.32. The second-order valence-corrected chi connectivity index (χ2v) is 11.7. The van der Waals surface area contributed by atoms with Crippen molar-refractivity contribution in [3.8, 4) is 0 Å². The Hall–Kier alpha value is -3.07. The van der Waals surface area contributed by atoms with Gasteiger partial charge in [-0.05, 0) is 74.4 Å². The maximum atomic E-state index is 13.8. The van der Waals surface area contributed by atoms with Gasteiger partial charge in [-0.1, -0.05) is 60.5 Å². The molecule has 202 valence electrons. The highest BCUT2D eigenvalue weighted by Crippen LogP contribution is 2.25. The van der Waals surface area contributed by atoms with E-state index in [0.29, 0.717) is 15.7 Å². The van der Waals surface area contributed by atoms with Crippen LogP contribution < -0.4 is 9.62 Å². The quantitative estimate of drug-likeness (QED) is 0.326. The highest BCUT2D eigenvalue weighted by molar-refractivity contribution is 7.92. The zero-order valence-electron chi connectivity index (χ0n) is 21.5. The maximum Gasteiger partial charge on any atom is 0.264 e. The van der Waals surface area contributed by atoms with E-state index in [9.17, 15) is 18.0 Å². The summed E-state index contributed by atoms with van der Waals surface area (Å²) in [5.41, 5.74) is 1.07. The lowest BCUT2D eigenvalue weighted by atomic mass is 10.1. The Balaban J connectivity index is 1.99. The Kier molecular flexibility index (Phi) is 10.2. The Bertz CT molecular complexity index is 1330. The molecule has 0 heterocycles. The third kappa shape index (κ3) is 7.49. The van der Waals surface area contributed by atoms with E-state index in [1.165, 1.54) is 29.2 Å². The molecule has 0 fully saturated rings. The van der Waals surface area contributed by atoms with Gasteiger partial charge in [0, 0.05) is 22.6 Å². The first-order valence-corrected chi connectivity index (χ1v) is 14.4. The standard InChI is InChI=1S/C28H31Cl2N3O4S/c1-4-20(2)31-28(35)21(3)32(18-22-10-12-23(29)13-11-22)27(34)19-33(25-8-6-5-7-9-25)38(36,37)26-16-14-24(30)15-17-26/h5-17,20-21H,4,18-19H2,1-3H3,(H,31,35)/t20-,21+/m0/s1. The van der Waals surface area contributed by atoms with Crippen LogP contribution in [0.15, 0.2) is 83.8 Å². The number of hydrogen-bond acceptors (Lipinski definition) is 4. The van der Waals surface area contributed by atoms with Crippen LogP contribution >= 0.6 is 23.2 Å². The first-order chi connectivity index (χ1) is 18.0. The number of nitrogens with one attached hydrogen (secondary N) is 1. The van der Waals surface area contributed by atoms with E-state index < -0.39 is 28.5 Å². The van der Waals surface area contributed by atoms with Crippen LogP contribution in [0.5, 0.6) is 0 Å². The van der Waals surface area contributed by atoms with E-state index in [0.717, 1.165) is 16.3 Å².